The van der Waals surface area contributed by atoms with Gasteiger partial charge in [-0.2, -0.15) is 5.26 Å². The predicted molar refractivity (Wildman–Crippen MR) is 75.2 cm³/mol. The molecule has 0 aliphatic heterocycles. The van der Waals surface area contributed by atoms with Crippen LogP contribution in [-0.2, 0) is 13.1 Å². The maximum absolute atomic E-state index is 10.7. The number of hydrogen-bond acceptors (Lipinski definition) is 4. The first-order chi connectivity index (χ1) is 9.63. The molecule has 20 heavy (non-hydrogen) atoms. The molecule has 0 atom stereocenters. The van der Waals surface area contributed by atoms with Crippen LogP contribution in [0, 0.1) is 21.4 Å². The smallest absolute Gasteiger partial charge is 0.270 e. The number of aryl methyl sites for hydroxylation is 1. The molecule has 6 heteroatoms. The Morgan fingerprint density at radius 1 is 1.45 bits per heavy atom. The number of benzene rings is 1. The van der Waals surface area contributed by atoms with E-state index in [0.717, 1.165) is 12.1 Å². The van der Waals surface area contributed by atoms with Crippen LogP contribution < -0.4 is 5.32 Å². The first-order valence-corrected chi connectivity index (χ1v) is 6.21. The number of non-ortho nitro benzene ring substituents is 1. The number of nitro benzene ring substituents is 1. The summed E-state index contributed by atoms with van der Waals surface area (Å²) >= 11 is 0. The van der Waals surface area contributed by atoms with Gasteiger partial charge >= 0.3 is 0 Å². The van der Waals surface area contributed by atoms with Gasteiger partial charge < -0.3 is 9.88 Å². The highest BCUT2D eigenvalue weighted by Gasteiger charge is 2.10. The van der Waals surface area contributed by atoms with E-state index in [9.17, 15) is 10.1 Å². The van der Waals surface area contributed by atoms with Gasteiger partial charge in [-0.3, -0.25) is 10.1 Å². The van der Waals surface area contributed by atoms with E-state index in [2.05, 4.69) is 16.8 Å². The minimum absolute atomic E-state index is 0.0794. The van der Waals surface area contributed by atoms with E-state index < -0.39 is 4.92 Å². The molecule has 0 amide bonds. The fourth-order valence-corrected chi connectivity index (χ4v) is 1.88. The average Bonchev–Trinajstić information content (AvgIpc) is 2.92. The lowest BCUT2D eigenvalue weighted by molar-refractivity contribution is -0.384. The summed E-state index contributed by atoms with van der Waals surface area (Å²) in [5.41, 5.74) is 1.88. The second-order valence-corrected chi connectivity index (χ2v) is 4.30. The van der Waals surface area contributed by atoms with Crippen molar-refractivity contribution < 1.29 is 4.92 Å². The Labute approximate surface area is 116 Å². The normalized spacial score (nSPS) is 10.0. The third-order valence-corrected chi connectivity index (χ3v) is 2.99. The number of nitrogens with zero attached hydrogens (tertiary/aromatic N) is 3. The monoisotopic (exact) mass is 270 g/mol. The number of nitriles is 1. The van der Waals surface area contributed by atoms with Crippen molar-refractivity contribution in [1.82, 2.24) is 4.57 Å². The van der Waals surface area contributed by atoms with Crippen LogP contribution in [-0.4, -0.2) is 9.49 Å². The van der Waals surface area contributed by atoms with Crippen LogP contribution in [0.2, 0.25) is 0 Å². The van der Waals surface area contributed by atoms with Crippen molar-refractivity contribution in [2.75, 3.05) is 5.32 Å². The molecule has 6 nitrogen and oxygen atoms in total. The second kappa shape index (κ2) is 5.89. The highest BCUT2D eigenvalue weighted by Crippen LogP contribution is 2.22. The molecule has 1 aromatic heterocycles. The molecular formula is C14H14N4O2. The van der Waals surface area contributed by atoms with Gasteiger partial charge in [0.05, 0.1) is 16.2 Å². The molecule has 0 aliphatic rings. The molecule has 2 aromatic rings. The van der Waals surface area contributed by atoms with E-state index in [1.165, 1.54) is 12.1 Å². The summed E-state index contributed by atoms with van der Waals surface area (Å²) in [5.74, 6) is 0. The van der Waals surface area contributed by atoms with Crippen molar-refractivity contribution in [3.8, 4) is 6.07 Å². The number of nitrogens with one attached hydrogen (secondary N) is 1. The Morgan fingerprint density at radius 2 is 2.25 bits per heavy atom. The van der Waals surface area contributed by atoms with Crippen LogP contribution in [0.5, 0.6) is 0 Å². The third-order valence-electron chi connectivity index (χ3n) is 2.99. The number of aromatic nitrogens is 1. The third kappa shape index (κ3) is 2.95. The molecule has 0 saturated heterocycles. The van der Waals surface area contributed by atoms with E-state index in [4.69, 9.17) is 5.26 Å². The SMILES string of the molecule is CCn1ccc(CNc2ccc([N+](=O)[O-])cc2C#N)c1. The van der Waals surface area contributed by atoms with Gasteiger partial charge in [-0.25, -0.2) is 0 Å². The molecule has 1 heterocycles. The quantitative estimate of drug-likeness (QED) is 0.668. The van der Waals surface area contributed by atoms with Crippen LogP contribution in [0.15, 0.2) is 36.7 Å². The Balaban J connectivity index is 2.13. The average molecular weight is 270 g/mol. The summed E-state index contributed by atoms with van der Waals surface area (Å²) in [6.07, 6.45) is 4.00. The topological polar surface area (TPSA) is 83.9 Å². The Kier molecular flexibility index (Phi) is 4.01. The van der Waals surface area contributed by atoms with Crippen molar-refractivity contribution in [2.24, 2.45) is 0 Å². The summed E-state index contributed by atoms with van der Waals surface area (Å²) in [4.78, 5) is 10.2. The van der Waals surface area contributed by atoms with E-state index in [1.54, 1.807) is 6.07 Å². The van der Waals surface area contributed by atoms with E-state index in [-0.39, 0.29) is 11.3 Å². The van der Waals surface area contributed by atoms with Crippen LogP contribution in [0.1, 0.15) is 18.1 Å². The fourth-order valence-electron chi connectivity index (χ4n) is 1.88. The van der Waals surface area contributed by atoms with Crippen molar-refractivity contribution >= 4 is 11.4 Å². The van der Waals surface area contributed by atoms with E-state index >= 15 is 0 Å². The Hall–Kier alpha value is -2.81. The Morgan fingerprint density at radius 3 is 2.85 bits per heavy atom. The highest BCUT2D eigenvalue weighted by molar-refractivity contribution is 5.61. The van der Waals surface area contributed by atoms with Gasteiger partial charge in [-0.1, -0.05) is 0 Å². The summed E-state index contributed by atoms with van der Waals surface area (Å²) in [6, 6.07) is 8.19. The molecule has 0 unspecified atom stereocenters. The zero-order valence-electron chi connectivity index (χ0n) is 11.0. The van der Waals surface area contributed by atoms with Gasteiger partial charge in [0.15, 0.2) is 0 Å². The molecule has 1 N–H and O–H groups in total. The zero-order chi connectivity index (χ0) is 14.5. The molecule has 1 aromatic carbocycles. The van der Waals surface area contributed by atoms with Gasteiger partial charge in [0, 0.05) is 37.6 Å². The molecular weight excluding hydrogens is 256 g/mol. The number of nitro groups is 1. The first-order valence-electron chi connectivity index (χ1n) is 6.21. The molecule has 0 spiro atoms. The lowest BCUT2D eigenvalue weighted by Crippen LogP contribution is -2.01. The van der Waals surface area contributed by atoms with Crippen LogP contribution in [0.4, 0.5) is 11.4 Å². The maximum Gasteiger partial charge on any atom is 0.270 e. The fraction of sp³-hybridized carbons (Fsp3) is 0.214. The van der Waals surface area contributed by atoms with Gasteiger partial charge in [0.25, 0.3) is 5.69 Å². The predicted octanol–water partition coefficient (Wildman–Crippen LogP) is 2.90. The van der Waals surface area contributed by atoms with Crippen molar-refractivity contribution in [3.05, 3.63) is 57.9 Å². The zero-order valence-corrected chi connectivity index (χ0v) is 11.0. The standard InChI is InChI=1S/C14H14N4O2/c1-2-17-6-5-11(10-17)9-16-14-4-3-13(18(19)20)7-12(14)8-15/h3-7,10,16H,2,9H2,1H3. The highest BCUT2D eigenvalue weighted by atomic mass is 16.6. The number of rotatable bonds is 5. The molecule has 0 saturated carbocycles. The summed E-state index contributed by atoms with van der Waals surface area (Å²) in [6.45, 7) is 3.53. The lowest BCUT2D eigenvalue weighted by atomic mass is 10.1. The first kappa shape index (κ1) is 13.6. The van der Waals surface area contributed by atoms with Gasteiger partial charge in [-0.05, 0) is 24.6 Å². The minimum atomic E-state index is -0.508. The van der Waals surface area contributed by atoms with Crippen molar-refractivity contribution in [1.29, 1.82) is 5.26 Å². The summed E-state index contributed by atoms with van der Waals surface area (Å²) in [7, 11) is 0. The van der Waals surface area contributed by atoms with Crippen LogP contribution >= 0.6 is 0 Å². The molecule has 0 aliphatic carbocycles. The van der Waals surface area contributed by atoms with Gasteiger partial charge in [-0.15, -0.1) is 0 Å². The number of anilines is 1. The largest absolute Gasteiger partial charge is 0.380 e. The van der Waals surface area contributed by atoms with E-state index in [0.29, 0.717) is 12.2 Å². The van der Waals surface area contributed by atoms with Crippen LogP contribution in [0.3, 0.4) is 0 Å². The molecule has 102 valence electrons. The molecule has 0 fully saturated rings. The lowest BCUT2D eigenvalue weighted by Gasteiger charge is -2.07. The Bertz CT molecular complexity index is 670. The van der Waals surface area contributed by atoms with Crippen LogP contribution in [0.25, 0.3) is 0 Å². The molecule has 0 bridgehead atoms. The minimum Gasteiger partial charge on any atom is -0.380 e. The van der Waals surface area contributed by atoms with Crippen molar-refractivity contribution in [2.45, 2.75) is 20.0 Å². The maximum atomic E-state index is 10.7. The van der Waals surface area contributed by atoms with Gasteiger partial charge in [0.1, 0.15) is 6.07 Å². The second-order valence-electron chi connectivity index (χ2n) is 4.30. The van der Waals surface area contributed by atoms with E-state index in [1.807, 2.05) is 24.5 Å². The van der Waals surface area contributed by atoms with Crippen molar-refractivity contribution in [3.63, 3.8) is 0 Å². The summed E-state index contributed by atoms with van der Waals surface area (Å²) < 4.78 is 2.05. The molecule has 2 rings (SSSR count). The van der Waals surface area contributed by atoms with Gasteiger partial charge in [0.2, 0.25) is 0 Å². The number of hydrogen-bond donors (Lipinski definition) is 1. The summed E-state index contributed by atoms with van der Waals surface area (Å²) in [5, 5.41) is 22.8. The molecule has 0 radical (unpaired) electrons.